The Morgan fingerprint density at radius 1 is 1.16 bits per heavy atom. The van der Waals surface area contributed by atoms with Gasteiger partial charge in [-0.05, 0) is 24.6 Å². The first-order valence-corrected chi connectivity index (χ1v) is 8.98. The number of hydrogen-bond acceptors (Lipinski definition) is 4. The number of hydrogen-bond donors (Lipinski definition) is 1. The second-order valence-corrected chi connectivity index (χ2v) is 7.02. The van der Waals surface area contributed by atoms with Gasteiger partial charge >= 0.3 is 0 Å². The van der Waals surface area contributed by atoms with E-state index >= 15 is 0 Å². The standard InChI is InChI=1S/C19H25N3O3/c1-20-9-6-14-15(4-2-5-16(14)20)19(24)22-8-3-7-21(10-11-22)17-12-25-13-18(17)23/h2,4-6,9,17-18,23H,3,7-8,10-13H2,1H3/t17-,18-/m0/s1. The zero-order valence-electron chi connectivity index (χ0n) is 14.6. The summed E-state index contributed by atoms with van der Waals surface area (Å²) in [6.07, 6.45) is 2.49. The van der Waals surface area contributed by atoms with Gasteiger partial charge in [0.2, 0.25) is 0 Å². The summed E-state index contributed by atoms with van der Waals surface area (Å²) in [6, 6.07) is 7.98. The average molecular weight is 343 g/mol. The maximum Gasteiger partial charge on any atom is 0.254 e. The van der Waals surface area contributed by atoms with Crippen molar-refractivity contribution in [1.82, 2.24) is 14.4 Å². The second kappa shape index (κ2) is 6.78. The Morgan fingerprint density at radius 2 is 2.04 bits per heavy atom. The van der Waals surface area contributed by atoms with Crippen LogP contribution in [0.2, 0.25) is 0 Å². The van der Waals surface area contributed by atoms with E-state index in [9.17, 15) is 9.90 Å². The molecule has 2 aromatic rings. The van der Waals surface area contributed by atoms with E-state index in [4.69, 9.17) is 4.74 Å². The zero-order chi connectivity index (χ0) is 17.4. The predicted octanol–water partition coefficient (Wildman–Crippen LogP) is 1.09. The lowest BCUT2D eigenvalue weighted by molar-refractivity contribution is 0.0726. The molecule has 0 unspecified atom stereocenters. The van der Waals surface area contributed by atoms with Gasteiger partial charge in [0, 0.05) is 55.9 Å². The molecule has 0 aliphatic carbocycles. The average Bonchev–Trinajstić information content (AvgIpc) is 3.12. The molecule has 3 heterocycles. The largest absolute Gasteiger partial charge is 0.389 e. The van der Waals surface area contributed by atoms with E-state index in [1.807, 2.05) is 47.0 Å². The van der Waals surface area contributed by atoms with Crippen molar-refractivity contribution in [1.29, 1.82) is 0 Å². The zero-order valence-corrected chi connectivity index (χ0v) is 14.6. The van der Waals surface area contributed by atoms with Gasteiger partial charge in [-0.1, -0.05) is 6.07 Å². The lowest BCUT2D eigenvalue weighted by Crippen LogP contribution is -2.45. The first-order valence-electron chi connectivity index (χ1n) is 8.98. The van der Waals surface area contributed by atoms with Gasteiger partial charge in [0.05, 0.1) is 25.4 Å². The molecule has 1 aromatic carbocycles. The summed E-state index contributed by atoms with van der Waals surface area (Å²) in [7, 11) is 2.00. The van der Waals surface area contributed by atoms with E-state index in [1.54, 1.807) is 0 Å². The summed E-state index contributed by atoms with van der Waals surface area (Å²) < 4.78 is 7.42. The van der Waals surface area contributed by atoms with Gasteiger partial charge in [-0.3, -0.25) is 9.69 Å². The fourth-order valence-corrected chi connectivity index (χ4v) is 4.01. The molecule has 2 aliphatic heterocycles. The van der Waals surface area contributed by atoms with Crippen LogP contribution < -0.4 is 0 Å². The Morgan fingerprint density at radius 3 is 2.84 bits per heavy atom. The summed E-state index contributed by atoms with van der Waals surface area (Å²) >= 11 is 0. The highest BCUT2D eigenvalue weighted by Crippen LogP contribution is 2.22. The van der Waals surface area contributed by atoms with Crippen LogP contribution in [0.1, 0.15) is 16.8 Å². The molecule has 2 saturated heterocycles. The van der Waals surface area contributed by atoms with Gasteiger partial charge in [-0.25, -0.2) is 0 Å². The molecule has 0 radical (unpaired) electrons. The van der Waals surface area contributed by atoms with Crippen molar-refractivity contribution in [2.75, 3.05) is 39.4 Å². The van der Waals surface area contributed by atoms with Gasteiger partial charge in [-0.15, -0.1) is 0 Å². The van der Waals surface area contributed by atoms with Crippen LogP contribution in [-0.4, -0.2) is 76.9 Å². The summed E-state index contributed by atoms with van der Waals surface area (Å²) in [4.78, 5) is 17.3. The van der Waals surface area contributed by atoms with Crippen molar-refractivity contribution >= 4 is 16.8 Å². The van der Waals surface area contributed by atoms with Crippen LogP contribution >= 0.6 is 0 Å². The molecule has 1 N–H and O–H groups in total. The molecule has 134 valence electrons. The third kappa shape index (κ3) is 3.05. The van der Waals surface area contributed by atoms with E-state index in [2.05, 4.69) is 4.90 Å². The number of carbonyl (C=O) groups excluding carboxylic acids is 1. The molecule has 0 saturated carbocycles. The van der Waals surface area contributed by atoms with Crippen LogP contribution in [-0.2, 0) is 11.8 Å². The summed E-state index contributed by atoms with van der Waals surface area (Å²) in [5, 5.41) is 11.1. The van der Waals surface area contributed by atoms with Gasteiger partial charge in [0.15, 0.2) is 0 Å². The van der Waals surface area contributed by atoms with E-state index in [-0.39, 0.29) is 11.9 Å². The van der Waals surface area contributed by atoms with Crippen molar-refractivity contribution in [3.63, 3.8) is 0 Å². The van der Waals surface area contributed by atoms with Crippen molar-refractivity contribution < 1.29 is 14.6 Å². The number of nitrogens with zero attached hydrogens (tertiary/aromatic N) is 3. The number of carbonyl (C=O) groups is 1. The molecule has 4 rings (SSSR count). The number of ether oxygens (including phenoxy) is 1. The summed E-state index contributed by atoms with van der Waals surface area (Å²) in [5.74, 6) is 0.0990. The van der Waals surface area contributed by atoms with E-state index in [0.717, 1.165) is 42.5 Å². The molecule has 6 heteroatoms. The Hall–Kier alpha value is -1.89. The first-order chi connectivity index (χ1) is 12.1. The molecule has 2 fully saturated rings. The fourth-order valence-electron chi connectivity index (χ4n) is 4.01. The SMILES string of the molecule is Cn1ccc2c(C(=O)N3CCCN([C@H]4COC[C@@H]4O)CC3)cccc21. The molecule has 25 heavy (non-hydrogen) atoms. The normalized spacial score (nSPS) is 25.4. The van der Waals surface area contributed by atoms with Crippen LogP contribution in [0.5, 0.6) is 0 Å². The predicted molar refractivity (Wildman–Crippen MR) is 95.6 cm³/mol. The van der Waals surface area contributed by atoms with E-state index in [0.29, 0.717) is 19.8 Å². The lowest BCUT2D eigenvalue weighted by atomic mass is 10.1. The van der Waals surface area contributed by atoms with Crippen molar-refractivity contribution in [3.8, 4) is 0 Å². The maximum atomic E-state index is 13.1. The number of rotatable bonds is 2. The van der Waals surface area contributed by atoms with Crippen LogP contribution in [0.25, 0.3) is 10.9 Å². The fraction of sp³-hybridized carbons (Fsp3) is 0.526. The van der Waals surface area contributed by atoms with Gasteiger partial charge in [-0.2, -0.15) is 0 Å². The van der Waals surface area contributed by atoms with Crippen molar-refractivity contribution in [2.45, 2.75) is 18.6 Å². The minimum Gasteiger partial charge on any atom is -0.389 e. The molecule has 1 aromatic heterocycles. The molecule has 6 nitrogen and oxygen atoms in total. The maximum absolute atomic E-state index is 13.1. The highest BCUT2D eigenvalue weighted by atomic mass is 16.5. The number of fused-ring (bicyclic) bond motifs is 1. The highest BCUT2D eigenvalue weighted by molar-refractivity contribution is 6.06. The molecule has 0 spiro atoms. The minimum atomic E-state index is -0.416. The second-order valence-electron chi connectivity index (χ2n) is 7.02. The number of aryl methyl sites for hydroxylation is 1. The third-order valence-electron chi connectivity index (χ3n) is 5.47. The van der Waals surface area contributed by atoms with Crippen molar-refractivity contribution in [3.05, 3.63) is 36.0 Å². The Balaban J connectivity index is 1.51. The Bertz CT molecular complexity index is 772. The van der Waals surface area contributed by atoms with Crippen LogP contribution in [0.15, 0.2) is 30.5 Å². The lowest BCUT2D eigenvalue weighted by Gasteiger charge is -2.28. The quantitative estimate of drug-likeness (QED) is 0.887. The molecule has 0 bridgehead atoms. The number of benzene rings is 1. The molecule has 2 aliphatic rings. The number of aromatic nitrogens is 1. The number of amides is 1. The summed E-state index contributed by atoms with van der Waals surface area (Å²) in [5.41, 5.74) is 1.85. The van der Waals surface area contributed by atoms with E-state index < -0.39 is 6.10 Å². The first kappa shape index (κ1) is 16.6. The van der Waals surface area contributed by atoms with Crippen molar-refractivity contribution in [2.24, 2.45) is 7.05 Å². The molecular weight excluding hydrogens is 318 g/mol. The van der Waals surface area contributed by atoms with Crippen LogP contribution in [0.3, 0.4) is 0 Å². The third-order valence-corrected chi connectivity index (χ3v) is 5.47. The number of aliphatic hydroxyl groups is 1. The molecular formula is C19H25N3O3. The van der Waals surface area contributed by atoms with Gasteiger partial charge < -0.3 is 19.3 Å². The molecule has 1 amide bonds. The Kier molecular flexibility index (Phi) is 4.50. The van der Waals surface area contributed by atoms with Crippen LogP contribution in [0.4, 0.5) is 0 Å². The Labute approximate surface area is 147 Å². The smallest absolute Gasteiger partial charge is 0.254 e. The number of aliphatic hydroxyl groups excluding tert-OH is 1. The minimum absolute atomic E-state index is 0.0626. The monoisotopic (exact) mass is 343 g/mol. The topological polar surface area (TPSA) is 57.9 Å². The van der Waals surface area contributed by atoms with Gasteiger partial charge in [0.25, 0.3) is 5.91 Å². The summed E-state index contributed by atoms with van der Waals surface area (Å²) in [6.45, 7) is 4.11. The highest BCUT2D eigenvalue weighted by Gasteiger charge is 2.33. The van der Waals surface area contributed by atoms with Gasteiger partial charge in [0.1, 0.15) is 0 Å². The molecule has 2 atom stereocenters. The van der Waals surface area contributed by atoms with E-state index in [1.165, 1.54) is 0 Å². The van der Waals surface area contributed by atoms with Crippen LogP contribution in [0, 0.1) is 0 Å².